The molecule has 0 N–H and O–H groups in total. The Labute approximate surface area is 186 Å². The molecule has 3 aromatic heterocycles. The van der Waals surface area contributed by atoms with Crippen LogP contribution in [0.2, 0.25) is 0 Å². The predicted octanol–water partition coefficient (Wildman–Crippen LogP) is 6.14. The number of aromatic nitrogens is 4. The second-order valence-electron chi connectivity index (χ2n) is 6.74. The van der Waals surface area contributed by atoms with E-state index < -0.39 is 0 Å². The highest BCUT2D eigenvalue weighted by molar-refractivity contribution is 7.98. The summed E-state index contributed by atoms with van der Waals surface area (Å²) in [7, 11) is 0. The van der Waals surface area contributed by atoms with Crippen LogP contribution in [-0.4, -0.2) is 19.7 Å². The van der Waals surface area contributed by atoms with Crippen LogP contribution in [0.25, 0.3) is 22.0 Å². The quantitative estimate of drug-likeness (QED) is 0.280. The Bertz CT molecular complexity index is 1280. The summed E-state index contributed by atoms with van der Waals surface area (Å²) >= 11 is 3.07. The fourth-order valence-corrected chi connectivity index (χ4v) is 4.64. The van der Waals surface area contributed by atoms with E-state index in [4.69, 9.17) is 4.42 Å². The monoisotopic (exact) mass is 448 g/mol. The zero-order valence-corrected chi connectivity index (χ0v) is 17.9. The molecule has 8 heteroatoms. The van der Waals surface area contributed by atoms with E-state index in [-0.39, 0.29) is 5.82 Å². The van der Waals surface area contributed by atoms with Crippen LogP contribution >= 0.6 is 23.1 Å². The number of nitrogens with zero attached hydrogens (tertiary/aromatic N) is 4. The van der Waals surface area contributed by atoms with Crippen molar-refractivity contribution in [1.29, 1.82) is 0 Å². The molecule has 2 aromatic carbocycles. The van der Waals surface area contributed by atoms with Gasteiger partial charge in [0, 0.05) is 0 Å². The van der Waals surface area contributed by atoms with Crippen LogP contribution in [0.1, 0.15) is 11.5 Å². The molecule has 0 unspecified atom stereocenters. The molecule has 0 bridgehead atoms. The van der Waals surface area contributed by atoms with E-state index in [1.165, 1.54) is 17.8 Å². The highest BCUT2D eigenvalue weighted by Crippen LogP contribution is 2.30. The molecule has 0 saturated heterocycles. The molecule has 154 valence electrons. The van der Waals surface area contributed by atoms with Gasteiger partial charge in [0.2, 0.25) is 5.89 Å². The molecule has 31 heavy (non-hydrogen) atoms. The van der Waals surface area contributed by atoms with Crippen LogP contribution in [0, 0.1) is 5.82 Å². The third kappa shape index (κ3) is 4.30. The maximum absolute atomic E-state index is 14.5. The second-order valence-corrected chi connectivity index (χ2v) is 8.63. The van der Waals surface area contributed by atoms with Crippen molar-refractivity contribution in [1.82, 2.24) is 19.7 Å². The van der Waals surface area contributed by atoms with Crippen molar-refractivity contribution in [2.45, 2.75) is 17.5 Å². The fraction of sp³-hybridized carbons (Fsp3) is 0.0870. The zero-order valence-electron chi connectivity index (χ0n) is 16.3. The number of thiophene rings is 1. The number of oxazole rings is 1. The molecule has 0 spiro atoms. The molecule has 0 aliphatic carbocycles. The maximum atomic E-state index is 14.5. The van der Waals surface area contributed by atoms with Gasteiger partial charge in [-0.2, -0.15) is 0 Å². The maximum Gasteiger partial charge on any atom is 0.205 e. The number of rotatable bonds is 7. The third-order valence-corrected chi connectivity index (χ3v) is 6.49. The summed E-state index contributed by atoms with van der Waals surface area (Å²) in [6.45, 7) is 0.534. The van der Waals surface area contributed by atoms with Gasteiger partial charge in [-0.05, 0) is 29.1 Å². The average Bonchev–Trinajstić information content (AvgIpc) is 3.55. The van der Waals surface area contributed by atoms with Gasteiger partial charge in [-0.3, -0.25) is 4.57 Å². The van der Waals surface area contributed by atoms with E-state index in [0.29, 0.717) is 34.7 Å². The summed E-state index contributed by atoms with van der Waals surface area (Å²) in [6.07, 6.45) is 1.74. The summed E-state index contributed by atoms with van der Waals surface area (Å²) < 4.78 is 22.3. The SMILES string of the molecule is Fc1ccccc1-c1nnc(SCc2ncc(-c3cccs3)o2)n1Cc1ccccc1. The standard InChI is InChI=1S/C23H17FN4OS2/c24-18-10-5-4-9-17(18)22-26-27-23(28(22)14-16-7-2-1-3-8-16)31-15-21-25-13-19(29-21)20-11-6-12-30-20/h1-13H,14-15H2. The first-order valence-corrected chi connectivity index (χ1v) is 11.5. The van der Waals surface area contributed by atoms with E-state index in [1.54, 1.807) is 35.7 Å². The Morgan fingerprint density at radius 2 is 1.81 bits per heavy atom. The highest BCUT2D eigenvalue weighted by Gasteiger charge is 2.18. The second kappa shape index (κ2) is 8.87. The number of thioether (sulfide) groups is 1. The number of halogens is 1. The summed E-state index contributed by atoms with van der Waals surface area (Å²) in [5.74, 6) is 2.03. The van der Waals surface area contributed by atoms with Crippen molar-refractivity contribution < 1.29 is 8.81 Å². The van der Waals surface area contributed by atoms with Crippen molar-refractivity contribution in [3.05, 3.63) is 95.6 Å². The van der Waals surface area contributed by atoms with Gasteiger partial charge in [0.1, 0.15) is 5.82 Å². The van der Waals surface area contributed by atoms with Gasteiger partial charge < -0.3 is 4.42 Å². The highest BCUT2D eigenvalue weighted by atomic mass is 32.2. The first-order valence-electron chi connectivity index (χ1n) is 9.61. The van der Waals surface area contributed by atoms with Crippen molar-refractivity contribution in [2.75, 3.05) is 0 Å². The van der Waals surface area contributed by atoms with E-state index in [0.717, 1.165) is 16.2 Å². The van der Waals surface area contributed by atoms with Gasteiger partial charge in [-0.25, -0.2) is 9.37 Å². The van der Waals surface area contributed by atoms with Gasteiger partial charge in [0.25, 0.3) is 0 Å². The number of benzene rings is 2. The predicted molar refractivity (Wildman–Crippen MR) is 120 cm³/mol. The van der Waals surface area contributed by atoms with Crippen LogP contribution in [0.4, 0.5) is 4.39 Å². The van der Waals surface area contributed by atoms with E-state index in [1.807, 2.05) is 52.4 Å². The van der Waals surface area contributed by atoms with E-state index >= 15 is 0 Å². The molecule has 0 atom stereocenters. The molecule has 5 rings (SSSR count). The van der Waals surface area contributed by atoms with Crippen LogP contribution in [0.3, 0.4) is 0 Å². The van der Waals surface area contributed by atoms with E-state index in [9.17, 15) is 4.39 Å². The molecule has 0 aliphatic heterocycles. The number of hydrogen-bond acceptors (Lipinski definition) is 6. The topological polar surface area (TPSA) is 56.7 Å². The minimum atomic E-state index is -0.325. The molecule has 3 heterocycles. The molecule has 0 saturated carbocycles. The molecule has 0 amide bonds. The fourth-order valence-electron chi connectivity index (χ4n) is 3.18. The summed E-state index contributed by atoms with van der Waals surface area (Å²) in [5.41, 5.74) is 1.51. The first kappa shape index (κ1) is 19.7. The largest absolute Gasteiger partial charge is 0.439 e. The summed E-state index contributed by atoms with van der Waals surface area (Å²) in [5, 5.41) is 11.3. The lowest BCUT2D eigenvalue weighted by Crippen LogP contribution is -2.05. The molecule has 0 aliphatic rings. The van der Waals surface area contributed by atoms with Crippen molar-refractivity contribution in [3.63, 3.8) is 0 Å². The third-order valence-electron chi connectivity index (χ3n) is 4.66. The van der Waals surface area contributed by atoms with Crippen LogP contribution < -0.4 is 0 Å². The number of hydrogen-bond donors (Lipinski definition) is 0. The van der Waals surface area contributed by atoms with Gasteiger partial charge in [-0.1, -0.05) is 60.3 Å². The van der Waals surface area contributed by atoms with Gasteiger partial charge in [0.15, 0.2) is 16.7 Å². The minimum Gasteiger partial charge on any atom is -0.439 e. The smallest absolute Gasteiger partial charge is 0.205 e. The zero-order chi connectivity index (χ0) is 21.0. The van der Waals surface area contributed by atoms with E-state index in [2.05, 4.69) is 15.2 Å². The normalized spacial score (nSPS) is 11.1. The lowest BCUT2D eigenvalue weighted by molar-refractivity contribution is 0.530. The van der Waals surface area contributed by atoms with Gasteiger partial charge in [0.05, 0.1) is 28.9 Å². The Kier molecular flexibility index (Phi) is 5.64. The lowest BCUT2D eigenvalue weighted by Gasteiger charge is -2.10. The average molecular weight is 449 g/mol. The van der Waals surface area contributed by atoms with Crippen LogP contribution in [0.15, 0.2) is 87.9 Å². The Morgan fingerprint density at radius 3 is 2.61 bits per heavy atom. The molecular formula is C23H17FN4OS2. The van der Waals surface area contributed by atoms with Gasteiger partial charge >= 0.3 is 0 Å². The van der Waals surface area contributed by atoms with Crippen molar-refractivity contribution >= 4 is 23.1 Å². The molecule has 5 nitrogen and oxygen atoms in total. The molecule has 0 radical (unpaired) electrons. The first-order chi connectivity index (χ1) is 15.3. The molecule has 5 aromatic rings. The Balaban J connectivity index is 1.43. The van der Waals surface area contributed by atoms with Crippen molar-refractivity contribution in [3.8, 4) is 22.0 Å². The van der Waals surface area contributed by atoms with Gasteiger partial charge in [-0.15, -0.1) is 21.5 Å². The Morgan fingerprint density at radius 1 is 0.968 bits per heavy atom. The Hall–Kier alpha value is -3.23. The summed E-state index contributed by atoms with van der Waals surface area (Å²) in [4.78, 5) is 5.42. The summed E-state index contributed by atoms with van der Waals surface area (Å²) in [6, 6.07) is 20.6. The van der Waals surface area contributed by atoms with Crippen LogP contribution in [-0.2, 0) is 12.3 Å². The van der Waals surface area contributed by atoms with Crippen molar-refractivity contribution in [2.24, 2.45) is 0 Å². The minimum absolute atomic E-state index is 0.325. The molecular weight excluding hydrogens is 431 g/mol. The molecule has 0 fully saturated rings. The lowest BCUT2D eigenvalue weighted by atomic mass is 10.2. The van der Waals surface area contributed by atoms with Crippen LogP contribution in [0.5, 0.6) is 0 Å².